The molecule has 0 aliphatic heterocycles. The van der Waals surface area contributed by atoms with Crippen molar-refractivity contribution in [2.75, 3.05) is 7.05 Å². The molecular formula is C15H13FN2O3. The van der Waals surface area contributed by atoms with Crippen molar-refractivity contribution in [3.05, 3.63) is 75.6 Å². The number of non-ortho nitro benzene ring substituents is 1. The number of nitro benzene ring substituents is 1. The largest absolute Gasteiger partial charge is 0.337 e. The van der Waals surface area contributed by atoms with Crippen molar-refractivity contribution >= 4 is 11.6 Å². The van der Waals surface area contributed by atoms with E-state index in [1.807, 2.05) is 0 Å². The van der Waals surface area contributed by atoms with Crippen molar-refractivity contribution < 1.29 is 14.1 Å². The number of rotatable bonds is 4. The summed E-state index contributed by atoms with van der Waals surface area (Å²) in [5, 5.41) is 10.7. The minimum absolute atomic E-state index is 0.0184. The summed E-state index contributed by atoms with van der Waals surface area (Å²) >= 11 is 0. The van der Waals surface area contributed by atoms with Gasteiger partial charge in [0.05, 0.1) is 4.92 Å². The summed E-state index contributed by atoms with van der Waals surface area (Å²) in [5.74, 6) is -0.686. The molecule has 0 saturated carbocycles. The lowest BCUT2D eigenvalue weighted by atomic mass is 10.1. The number of halogens is 1. The molecule has 2 rings (SSSR count). The van der Waals surface area contributed by atoms with Gasteiger partial charge < -0.3 is 4.90 Å². The van der Waals surface area contributed by atoms with Gasteiger partial charge in [0.15, 0.2) is 0 Å². The second-order valence-electron chi connectivity index (χ2n) is 4.60. The maximum atomic E-state index is 12.8. The van der Waals surface area contributed by atoms with E-state index in [1.165, 1.54) is 41.3 Å². The minimum atomic E-state index is -0.481. The number of nitro groups is 1. The number of hydrogen-bond donors (Lipinski definition) is 0. The van der Waals surface area contributed by atoms with Gasteiger partial charge in [0.25, 0.3) is 11.6 Å². The summed E-state index contributed by atoms with van der Waals surface area (Å²) in [6, 6.07) is 11.3. The molecule has 5 nitrogen and oxygen atoms in total. The maximum Gasteiger partial charge on any atom is 0.269 e. The number of carbonyl (C=O) groups excluding carboxylic acids is 1. The van der Waals surface area contributed by atoms with E-state index in [9.17, 15) is 19.3 Å². The van der Waals surface area contributed by atoms with Gasteiger partial charge in [-0.25, -0.2) is 4.39 Å². The number of amides is 1. The third-order valence-electron chi connectivity index (χ3n) is 2.98. The van der Waals surface area contributed by atoms with Crippen LogP contribution in [0.1, 0.15) is 15.9 Å². The summed E-state index contributed by atoms with van der Waals surface area (Å²) in [4.78, 5) is 23.8. The van der Waals surface area contributed by atoms with Crippen LogP contribution in [0.25, 0.3) is 0 Å². The predicted octanol–water partition coefficient (Wildman–Crippen LogP) is 3.01. The lowest BCUT2D eigenvalue weighted by molar-refractivity contribution is -0.384. The van der Waals surface area contributed by atoms with Crippen LogP contribution in [0.4, 0.5) is 10.1 Å². The molecule has 0 N–H and O–H groups in total. The first-order valence-electron chi connectivity index (χ1n) is 6.22. The fourth-order valence-electron chi connectivity index (χ4n) is 1.93. The first-order chi connectivity index (χ1) is 9.97. The van der Waals surface area contributed by atoms with Crippen molar-refractivity contribution in [2.24, 2.45) is 0 Å². The summed E-state index contributed by atoms with van der Waals surface area (Å²) < 4.78 is 12.8. The van der Waals surface area contributed by atoms with E-state index >= 15 is 0 Å². The Morgan fingerprint density at radius 1 is 1.24 bits per heavy atom. The lowest BCUT2D eigenvalue weighted by Crippen LogP contribution is -2.26. The molecule has 0 heterocycles. The van der Waals surface area contributed by atoms with Crippen LogP contribution >= 0.6 is 0 Å². The van der Waals surface area contributed by atoms with Crippen LogP contribution in [-0.2, 0) is 6.54 Å². The number of carbonyl (C=O) groups is 1. The van der Waals surface area contributed by atoms with Gasteiger partial charge in [0.2, 0.25) is 0 Å². The molecule has 0 spiro atoms. The zero-order chi connectivity index (χ0) is 15.4. The molecule has 0 saturated heterocycles. The summed E-state index contributed by atoms with van der Waals surface area (Å²) in [6.07, 6.45) is 0. The standard InChI is InChI=1S/C15H13FN2O3/c1-17(15(19)12-5-7-13(16)8-6-12)10-11-3-2-4-14(9-11)18(20)21/h2-9H,10H2,1H3. The average Bonchev–Trinajstić information content (AvgIpc) is 2.47. The quantitative estimate of drug-likeness (QED) is 0.641. The van der Waals surface area contributed by atoms with Crippen LogP contribution in [0.3, 0.4) is 0 Å². The predicted molar refractivity (Wildman–Crippen MR) is 75.3 cm³/mol. The van der Waals surface area contributed by atoms with E-state index < -0.39 is 10.7 Å². The molecule has 0 aromatic heterocycles. The Morgan fingerprint density at radius 2 is 1.90 bits per heavy atom. The van der Waals surface area contributed by atoms with Crippen molar-refractivity contribution in [3.63, 3.8) is 0 Å². The fraction of sp³-hybridized carbons (Fsp3) is 0.133. The number of hydrogen-bond acceptors (Lipinski definition) is 3. The Labute approximate surface area is 120 Å². The molecular weight excluding hydrogens is 275 g/mol. The maximum absolute atomic E-state index is 12.8. The van der Waals surface area contributed by atoms with Gasteiger partial charge >= 0.3 is 0 Å². The highest BCUT2D eigenvalue weighted by atomic mass is 19.1. The molecule has 2 aromatic rings. The van der Waals surface area contributed by atoms with Crippen LogP contribution in [-0.4, -0.2) is 22.8 Å². The van der Waals surface area contributed by atoms with E-state index in [1.54, 1.807) is 19.2 Å². The molecule has 2 aromatic carbocycles. The zero-order valence-electron chi connectivity index (χ0n) is 11.3. The first kappa shape index (κ1) is 14.6. The monoisotopic (exact) mass is 288 g/mol. The van der Waals surface area contributed by atoms with Crippen LogP contribution in [0, 0.1) is 15.9 Å². The van der Waals surface area contributed by atoms with Gasteiger partial charge in [-0.2, -0.15) is 0 Å². The highest BCUT2D eigenvalue weighted by molar-refractivity contribution is 5.93. The highest BCUT2D eigenvalue weighted by Crippen LogP contribution is 2.15. The van der Waals surface area contributed by atoms with E-state index in [4.69, 9.17) is 0 Å². The SMILES string of the molecule is CN(Cc1cccc([N+](=O)[O-])c1)C(=O)c1ccc(F)cc1. The number of nitrogens with zero attached hydrogens (tertiary/aromatic N) is 2. The smallest absolute Gasteiger partial charge is 0.269 e. The molecule has 0 aliphatic rings. The van der Waals surface area contributed by atoms with E-state index in [2.05, 4.69) is 0 Å². The molecule has 0 fully saturated rings. The molecule has 0 unspecified atom stereocenters. The second-order valence-corrected chi connectivity index (χ2v) is 4.60. The molecule has 6 heteroatoms. The van der Waals surface area contributed by atoms with Gasteiger partial charge in [-0.1, -0.05) is 12.1 Å². The molecule has 0 radical (unpaired) electrons. The average molecular weight is 288 g/mol. The first-order valence-corrected chi connectivity index (χ1v) is 6.22. The van der Waals surface area contributed by atoms with Crippen molar-refractivity contribution in [1.29, 1.82) is 0 Å². The molecule has 108 valence electrons. The highest BCUT2D eigenvalue weighted by Gasteiger charge is 2.13. The Morgan fingerprint density at radius 3 is 2.52 bits per heavy atom. The van der Waals surface area contributed by atoms with E-state index in [-0.39, 0.29) is 18.1 Å². The molecule has 0 aliphatic carbocycles. The van der Waals surface area contributed by atoms with Gasteiger partial charge in [-0.05, 0) is 29.8 Å². The van der Waals surface area contributed by atoms with Crippen molar-refractivity contribution in [2.45, 2.75) is 6.54 Å². The molecule has 1 amide bonds. The topological polar surface area (TPSA) is 63.4 Å². The third-order valence-corrected chi connectivity index (χ3v) is 2.98. The van der Waals surface area contributed by atoms with Crippen LogP contribution in [0.15, 0.2) is 48.5 Å². The van der Waals surface area contributed by atoms with Gasteiger partial charge in [-0.3, -0.25) is 14.9 Å². The fourth-order valence-corrected chi connectivity index (χ4v) is 1.93. The van der Waals surface area contributed by atoms with Crippen LogP contribution in [0.2, 0.25) is 0 Å². The summed E-state index contributed by atoms with van der Waals surface area (Å²) in [7, 11) is 1.59. The Bertz CT molecular complexity index is 671. The van der Waals surface area contributed by atoms with Crippen LogP contribution in [0.5, 0.6) is 0 Å². The summed E-state index contributed by atoms with van der Waals surface area (Å²) in [6.45, 7) is 0.234. The minimum Gasteiger partial charge on any atom is -0.337 e. The van der Waals surface area contributed by atoms with Crippen LogP contribution < -0.4 is 0 Å². The van der Waals surface area contributed by atoms with E-state index in [0.717, 1.165) is 0 Å². The summed E-state index contributed by atoms with van der Waals surface area (Å²) in [5.41, 5.74) is 1.00. The Kier molecular flexibility index (Phi) is 4.27. The van der Waals surface area contributed by atoms with E-state index in [0.29, 0.717) is 11.1 Å². The Balaban J connectivity index is 2.12. The van der Waals surface area contributed by atoms with Crippen molar-refractivity contribution in [1.82, 2.24) is 4.90 Å². The molecule has 0 bridgehead atoms. The molecule has 21 heavy (non-hydrogen) atoms. The van der Waals surface area contributed by atoms with Gasteiger partial charge in [0, 0.05) is 31.3 Å². The Hall–Kier alpha value is -2.76. The third kappa shape index (κ3) is 3.62. The zero-order valence-corrected chi connectivity index (χ0v) is 11.3. The normalized spacial score (nSPS) is 10.2. The lowest BCUT2D eigenvalue weighted by Gasteiger charge is -2.17. The molecule has 0 atom stereocenters. The van der Waals surface area contributed by atoms with Crippen molar-refractivity contribution in [3.8, 4) is 0 Å². The number of benzene rings is 2. The second kappa shape index (κ2) is 6.13. The van der Waals surface area contributed by atoms with Gasteiger partial charge in [0.1, 0.15) is 5.82 Å². The van der Waals surface area contributed by atoms with Gasteiger partial charge in [-0.15, -0.1) is 0 Å².